The number of hydrogen-bond donors (Lipinski definition) is 4. The molecule has 6 amide bonds. The molecule has 0 spiro atoms. The van der Waals surface area contributed by atoms with Gasteiger partial charge in [0.25, 0.3) is 11.8 Å². The number of allylic oxidation sites excluding steroid dienone is 1. The molecule has 9 rings (SSSR count). The molecule has 72 heavy (non-hydrogen) atoms. The molecule has 3 saturated heterocycles. The number of aromatic hydroxyl groups is 1. The normalized spacial score (nSPS) is 18.6. The SMILES string of the molecule is CCOc1cc(O)c(C/C=C/c2ccc(N3CCN(C(=O)CCCCCC(=O)Nc4cccc5c4C(=O)N(C4CCC(=O)NC4=O)C5=O)CC3)cc2Cl)cc1CN1CCCC(n2c(=O)[nH]c3ccccc32)C1. The molecule has 2 unspecified atom stereocenters. The standard InChI is InChI=1S/C54H59ClN8O9/c1-2-72-46-31-45(64)35(29-36(46)32-59-24-10-13-38(33-59)62-43-17-7-6-15-41(43)57-54(62)71)12-8-11-34-20-21-37(30-40(34)55)60-25-27-61(28-26-60)49(67)19-5-3-4-18-47(65)56-42-16-9-14-39-50(42)53(70)63(52(39)69)44-22-23-48(66)58-51(44)68/h6-9,11,14-17,20-21,29-31,38,44,64H,2-5,10,12-13,18-19,22-28,32-33H2,1H3,(H,56,65)(H,57,71)(H,58,66,68)/b11-8+. The smallest absolute Gasteiger partial charge is 0.326 e. The van der Waals surface area contributed by atoms with Gasteiger partial charge >= 0.3 is 5.69 Å². The van der Waals surface area contributed by atoms with E-state index in [1.807, 2.05) is 77.1 Å². The van der Waals surface area contributed by atoms with Gasteiger partial charge in [0, 0.05) is 80.9 Å². The Hall–Kier alpha value is -7.24. The number of piperazine rings is 1. The molecule has 0 bridgehead atoms. The zero-order valence-electron chi connectivity index (χ0n) is 40.3. The predicted octanol–water partition coefficient (Wildman–Crippen LogP) is 6.82. The molecule has 1 aromatic heterocycles. The van der Waals surface area contributed by atoms with Gasteiger partial charge in [-0.25, -0.2) is 4.79 Å². The van der Waals surface area contributed by atoms with Gasteiger partial charge in [0.05, 0.1) is 40.5 Å². The van der Waals surface area contributed by atoms with Crippen molar-refractivity contribution in [3.05, 3.63) is 122 Å². The van der Waals surface area contributed by atoms with E-state index >= 15 is 0 Å². The number of aromatic amines is 1. The van der Waals surface area contributed by atoms with Gasteiger partial charge in [-0.15, -0.1) is 0 Å². The number of nitrogens with one attached hydrogen (secondary N) is 3. The number of imide groups is 2. The highest BCUT2D eigenvalue weighted by atomic mass is 35.5. The maximum atomic E-state index is 13.4. The molecular formula is C54H59ClN8O9. The van der Waals surface area contributed by atoms with Crippen LogP contribution in [0.5, 0.6) is 11.5 Å². The summed E-state index contributed by atoms with van der Waals surface area (Å²) in [4.78, 5) is 100.0. The minimum absolute atomic E-state index is 0.00873. The summed E-state index contributed by atoms with van der Waals surface area (Å²) >= 11 is 6.83. The highest BCUT2D eigenvalue weighted by molar-refractivity contribution is 6.32. The fraction of sp³-hybridized carbons (Fsp3) is 0.389. The van der Waals surface area contributed by atoms with E-state index in [0.29, 0.717) is 82.2 Å². The summed E-state index contributed by atoms with van der Waals surface area (Å²) in [5.74, 6) is -1.97. The summed E-state index contributed by atoms with van der Waals surface area (Å²) in [5, 5.41) is 16.6. The first-order valence-corrected chi connectivity index (χ1v) is 25.3. The number of ether oxygens (including phenoxy) is 1. The number of imidazole rings is 1. The first-order valence-electron chi connectivity index (χ1n) is 24.9. The van der Waals surface area contributed by atoms with E-state index in [1.165, 1.54) is 12.1 Å². The zero-order valence-corrected chi connectivity index (χ0v) is 41.0. The summed E-state index contributed by atoms with van der Waals surface area (Å²) in [5.41, 5.74) is 5.52. The fourth-order valence-electron chi connectivity index (χ4n) is 10.4. The first kappa shape index (κ1) is 49.7. The lowest BCUT2D eigenvalue weighted by Gasteiger charge is -2.36. The second kappa shape index (κ2) is 22.0. The van der Waals surface area contributed by atoms with Crippen molar-refractivity contribution in [2.45, 2.75) is 89.8 Å². The lowest BCUT2D eigenvalue weighted by molar-refractivity contribution is -0.136. The molecule has 0 radical (unpaired) electrons. The topological polar surface area (TPSA) is 207 Å². The molecule has 4 aliphatic heterocycles. The molecule has 5 heterocycles. The predicted molar refractivity (Wildman–Crippen MR) is 273 cm³/mol. The Balaban J connectivity index is 0.714. The minimum Gasteiger partial charge on any atom is -0.508 e. The van der Waals surface area contributed by atoms with Crippen LogP contribution in [0.25, 0.3) is 17.1 Å². The number of benzene rings is 4. The number of fused-ring (bicyclic) bond motifs is 2. The van der Waals surface area contributed by atoms with E-state index in [-0.39, 0.29) is 65.4 Å². The Morgan fingerprint density at radius 1 is 0.875 bits per heavy atom. The molecule has 3 fully saturated rings. The Kier molecular flexibility index (Phi) is 15.2. The fourth-order valence-corrected chi connectivity index (χ4v) is 10.6. The molecule has 0 saturated carbocycles. The van der Waals surface area contributed by atoms with Crippen molar-refractivity contribution in [2.24, 2.45) is 0 Å². The third-order valence-electron chi connectivity index (χ3n) is 14.1. The summed E-state index contributed by atoms with van der Waals surface area (Å²) in [6, 6.07) is 21.0. The van der Waals surface area contributed by atoms with Crippen molar-refractivity contribution in [2.75, 3.05) is 56.1 Å². The van der Waals surface area contributed by atoms with Gasteiger partial charge in [-0.3, -0.25) is 48.5 Å². The number of carbonyl (C=O) groups excluding carboxylic acids is 6. The monoisotopic (exact) mass is 998 g/mol. The summed E-state index contributed by atoms with van der Waals surface area (Å²) in [7, 11) is 0. The molecule has 4 aliphatic rings. The van der Waals surface area contributed by atoms with Gasteiger partial charge in [-0.2, -0.15) is 0 Å². The van der Waals surface area contributed by atoms with Gasteiger partial charge in [0.1, 0.15) is 17.5 Å². The number of carbonyl (C=O) groups is 6. The van der Waals surface area contributed by atoms with E-state index in [1.54, 1.807) is 12.1 Å². The van der Waals surface area contributed by atoms with Crippen molar-refractivity contribution in [1.82, 2.24) is 29.6 Å². The van der Waals surface area contributed by atoms with Crippen molar-refractivity contribution in [3.63, 3.8) is 0 Å². The van der Waals surface area contributed by atoms with Crippen LogP contribution in [0.15, 0.2) is 83.7 Å². The number of aromatic nitrogens is 2. The first-order chi connectivity index (χ1) is 34.9. The highest BCUT2D eigenvalue weighted by Crippen LogP contribution is 2.35. The molecule has 5 aromatic rings. The van der Waals surface area contributed by atoms with Crippen molar-refractivity contribution < 1.29 is 38.6 Å². The van der Waals surface area contributed by atoms with E-state index in [4.69, 9.17) is 16.3 Å². The maximum Gasteiger partial charge on any atom is 0.326 e. The lowest BCUT2D eigenvalue weighted by Crippen LogP contribution is -2.54. The second-order valence-corrected chi connectivity index (χ2v) is 19.2. The number of rotatable bonds is 17. The number of phenolic OH excluding ortho intramolecular Hbond substituents is 1. The van der Waals surface area contributed by atoms with Crippen LogP contribution < -0.4 is 26.0 Å². The van der Waals surface area contributed by atoms with E-state index < -0.39 is 29.7 Å². The van der Waals surface area contributed by atoms with Crippen LogP contribution in [-0.4, -0.2) is 117 Å². The Bertz CT molecular complexity index is 3010. The molecular weight excluding hydrogens is 940 g/mol. The molecule has 0 aliphatic carbocycles. The highest BCUT2D eigenvalue weighted by Gasteiger charge is 2.45. The van der Waals surface area contributed by atoms with Gasteiger partial charge < -0.3 is 29.9 Å². The number of nitrogens with zero attached hydrogens (tertiary/aromatic N) is 5. The number of phenols is 1. The van der Waals surface area contributed by atoms with Crippen LogP contribution in [0, 0.1) is 0 Å². The average molecular weight is 1000 g/mol. The van der Waals surface area contributed by atoms with Crippen LogP contribution in [-0.2, 0) is 32.1 Å². The van der Waals surface area contributed by atoms with Crippen LogP contribution >= 0.6 is 11.6 Å². The third-order valence-corrected chi connectivity index (χ3v) is 14.4. The van der Waals surface area contributed by atoms with Gasteiger partial charge in [-0.05, 0) is 106 Å². The molecule has 2 atom stereocenters. The van der Waals surface area contributed by atoms with Crippen molar-refractivity contribution in [3.8, 4) is 11.5 Å². The van der Waals surface area contributed by atoms with Gasteiger partial charge in [0.2, 0.25) is 23.6 Å². The van der Waals surface area contributed by atoms with E-state index in [2.05, 4.69) is 25.4 Å². The average Bonchev–Trinajstić information content (AvgIpc) is 3.84. The Morgan fingerprint density at radius 3 is 2.47 bits per heavy atom. The van der Waals surface area contributed by atoms with E-state index in [0.717, 1.165) is 64.2 Å². The molecule has 4 N–H and O–H groups in total. The van der Waals surface area contributed by atoms with E-state index in [9.17, 15) is 38.7 Å². The molecule has 376 valence electrons. The Labute approximate surface area is 421 Å². The van der Waals surface area contributed by atoms with Crippen molar-refractivity contribution >= 4 is 75.5 Å². The Morgan fingerprint density at radius 2 is 1.68 bits per heavy atom. The largest absolute Gasteiger partial charge is 0.508 e. The number of likely N-dealkylation sites (tertiary alicyclic amines) is 1. The number of halogens is 1. The number of anilines is 2. The van der Waals surface area contributed by atoms with Gasteiger partial charge in [0.15, 0.2) is 0 Å². The molecule has 18 heteroatoms. The lowest BCUT2D eigenvalue weighted by atomic mass is 10.0. The van der Waals surface area contributed by atoms with Crippen LogP contribution in [0.1, 0.15) is 108 Å². The number of amides is 6. The summed E-state index contributed by atoms with van der Waals surface area (Å²) in [6.45, 7) is 7.06. The van der Waals surface area contributed by atoms with Crippen LogP contribution in [0.3, 0.4) is 0 Å². The number of piperidine rings is 2. The van der Waals surface area contributed by atoms with Crippen molar-refractivity contribution in [1.29, 1.82) is 0 Å². The number of hydrogen-bond acceptors (Lipinski definition) is 11. The van der Waals surface area contributed by atoms with Crippen LogP contribution in [0.4, 0.5) is 11.4 Å². The molecule has 17 nitrogen and oxygen atoms in total. The summed E-state index contributed by atoms with van der Waals surface area (Å²) < 4.78 is 7.88. The summed E-state index contributed by atoms with van der Waals surface area (Å²) in [6.07, 6.45) is 8.62. The minimum atomic E-state index is -1.10. The number of para-hydroxylation sites is 2. The zero-order chi connectivity index (χ0) is 50.5. The maximum absolute atomic E-state index is 13.4. The number of unbranched alkanes of at least 4 members (excludes halogenated alkanes) is 2. The van der Waals surface area contributed by atoms with Gasteiger partial charge in [-0.1, -0.05) is 54.4 Å². The van der Waals surface area contributed by atoms with Crippen LogP contribution in [0.2, 0.25) is 5.02 Å². The molecule has 4 aromatic carbocycles. The number of H-pyrrole nitrogens is 1. The third kappa shape index (κ3) is 10.8. The second-order valence-electron chi connectivity index (χ2n) is 18.8. The quantitative estimate of drug-likeness (QED) is 0.0562.